The molecule has 2 aromatic rings. The second-order valence-corrected chi connectivity index (χ2v) is 5.82. The summed E-state index contributed by atoms with van der Waals surface area (Å²) < 4.78 is 26.6. The average Bonchev–Trinajstić information content (AvgIpc) is 2.45. The first-order chi connectivity index (χ1) is 9.51. The predicted octanol–water partition coefficient (Wildman–Crippen LogP) is 1.01. The first kappa shape index (κ1) is 14.0. The second kappa shape index (κ2) is 5.69. The van der Waals surface area contributed by atoms with E-state index in [9.17, 15) is 8.42 Å². The van der Waals surface area contributed by atoms with Crippen molar-refractivity contribution in [2.45, 2.75) is 11.4 Å². The molecule has 0 radical (unpaired) electrons. The maximum atomic E-state index is 12.1. The molecule has 0 saturated heterocycles. The zero-order valence-corrected chi connectivity index (χ0v) is 11.3. The Morgan fingerprint density at radius 3 is 2.80 bits per heavy atom. The van der Waals surface area contributed by atoms with Crippen molar-refractivity contribution in [3.63, 3.8) is 0 Å². The van der Waals surface area contributed by atoms with Gasteiger partial charge in [-0.15, -0.1) is 0 Å². The molecule has 0 fully saturated rings. The predicted molar refractivity (Wildman–Crippen MR) is 73.8 cm³/mol. The molecule has 0 aliphatic heterocycles. The highest BCUT2D eigenvalue weighted by Gasteiger charge is 2.14. The zero-order valence-electron chi connectivity index (χ0n) is 10.4. The van der Waals surface area contributed by atoms with E-state index in [4.69, 9.17) is 11.0 Å². The summed E-state index contributed by atoms with van der Waals surface area (Å²) in [5, 5.41) is 8.79. The molecule has 1 aromatic heterocycles. The zero-order chi connectivity index (χ0) is 14.6. The Morgan fingerprint density at radius 1 is 1.30 bits per heavy atom. The lowest BCUT2D eigenvalue weighted by Gasteiger charge is -2.07. The van der Waals surface area contributed by atoms with Crippen LogP contribution in [0.1, 0.15) is 11.1 Å². The van der Waals surface area contributed by atoms with Gasteiger partial charge in [-0.05, 0) is 23.8 Å². The number of benzene rings is 1. The number of sulfonamides is 1. The average molecular weight is 288 g/mol. The van der Waals surface area contributed by atoms with Crippen LogP contribution in [0.5, 0.6) is 0 Å². The van der Waals surface area contributed by atoms with Crippen LogP contribution < -0.4 is 10.5 Å². The van der Waals surface area contributed by atoms with Gasteiger partial charge in [-0.1, -0.05) is 12.1 Å². The molecule has 102 valence electrons. The summed E-state index contributed by atoms with van der Waals surface area (Å²) in [6, 6.07) is 11.4. The van der Waals surface area contributed by atoms with E-state index in [0.717, 1.165) is 0 Å². The number of hydrogen-bond donors (Lipinski definition) is 2. The van der Waals surface area contributed by atoms with Gasteiger partial charge in [0.25, 0.3) is 0 Å². The number of pyridine rings is 1. The van der Waals surface area contributed by atoms with E-state index in [0.29, 0.717) is 11.1 Å². The van der Waals surface area contributed by atoms with Crippen LogP contribution in [0.25, 0.3) is 0 Å². The number of nitrogens with two attached hydrogens (primary N) is 1. The minimum absolute atomic E-state index is 0.0569. The number of nitriles is 1. The van der Waals surface area contributed by atoms with Gasteiger partial charge in [-0.3, -0.25) is 0 Å². The Balaban J connectivity index is 2.15. The lowest BCUT2D eigenvalue weighted by molar-refractivity contribution is 0.581. The molecule has 0 bridgehead atoms. The van der Waals surface area contributed by atoms with Crippen molar-refractivity contribution in [2.75, 3.05) is 5.73 Å². The van der Waals surface area contributed by atoms with E-state index in [2.05, 4.69) is 9.71 Å². The molecule has 0 aliphatic rings. The van der Waals surface area contributed by atoms with E-state index in [1.54, 1.807) is 24.3 Å². The molecule has 0 amide bonds. The standard InChI is InChI=1S/C13H12N4O2S/c14-8-10-2-1-3-11(6-10)9-17-20(18,19)12-4-5-16-13(15)7-12/h1-7,17H,9H2,(H2,15,16). The van der Waals surface area contributed by atoms with E-state index in [1.165, 1.54) is 18.3 Å². The highest BCUT2D eigenvalue weighted by Crippen LogP contribution is 2.11. The summed E-state index contributed by atoms with van der Waals surface area (Å²) >= 11 is 0. The first-order valence-corrected chi connectivity index (χ1v) is 7.20. The fourth-order valence-corrected chi connectivity index (χ4v) is 2.65. The minimum Gasteiger partial charge on any atom is -0.384 e. The quantitative estimate of drug-likeness (QED) is 0.872. The van der Waals surface area contributed by atoms with Crippen molar-refractivity contribution in [1.29, 1.82) is 5.26 Å². The van der Waals surface area contributed by atoms with Crippen LogP contribution >= 0.6 is 0 Å². The van der Waals surface area contributed by atoms with E-state index in [-0.39, 0.29) is 17.3 Å². The smallest absolute Gasteiger partial charge is 0.241 e. The van der Waals surface area contributed by atoms with Gasteiger partial charge in [0, 0.05) is 18.8 Å². The molecular formula is C13H12N4O2S. The van der Waals surface area contributed by atoms with Crippen LogP contribution in [-0.4, -0.2) is 13.4 Å². The van der Waals surface area contributed by atoms with Gasteiger partial charge < -0.3 is 5.73 Å². The summed E-state index contributed by atoms with van der Waals surface area (Å²) in [7, 11) is -3.65. The first-order valence-electron chi connectivity index (χ1n) is 5.71. The fraction of sp³-hybridized carbons (Fsp3) is 0.0769. The lowest BCUT2D eigenvalue weighted by atomic mass is 10.1. The maximum absolute atomic E-state index is 12.1. The summed E-state index contributed by atoms with van der Waals surface area (Å²) in [4.78, 5) is 3.80. The Bertz CT molecular complexity index is 766. The lowest BCUT2D eigenvalue weighted by Crippen LogP contribution is -2.23. The number of nitrogen functional groups attached to an aromatic ring is 1. The molecule has 1 heterocycles. The minimum atomic E-state index is -3.65. The van der Waals surface area contributed by atoms with Crippen molar-refractivity contribution < 1.29 is 8.42 Å². The van der Waals surface area contributed by atoms with Crippen LogP contribution in [0.3, 0.4) is 0 Å². The molecule has 3 N–H and O–H groups in total. The van der Waals surface area contributed by atoms with Crippen molar-refractivity contribution in [1.82, 2.24) is 9.71 Å². The van der Waals surface area contributed by atoms with Crippen molar-refractivity contribution >= 4 is 15.8 Å². The largest absolute Gasteiger partial charge is 0.384 e. The third kappa shape index (κ3) is 3.32. The molecule has 0 spiro atoms. The molecule has 20 heavy (non-hydrogen) atoms. The summed E-state index contributed by atoms with van der Waals surface area (Å²) in [6.45, 7) is 0.0973. The normalized spacial score (nSPS) is 10.9. The summed E-state index contributed by atoms with van der Waals surface area (Å²) in [5.41, 5.74) is 6.65. The van der Waals surface area contributed by atoms with Crippen LogP contribution in [0.2, 0.25) is 0 Å². The van der Waals surface area contributed by atoms with Gasteiger partial charge in [-0.2, -0.15) is 5.26 Å². The van der Waals surface area contributed by atoms with Crippen LogP contribution in [0.15, 0.2) is 47.5 Å². The molecule has 1 aromatic carbocycles. The van der Waals surface area contributed by atoms with Gasteiger partial charge in [0.2, 0.25) is 10.0 Å². The Labute approximate surface area is 116 Å². The highest BCUT2D eigenvalue weighted by molar-refractivity contribution is 7.89. The second-order valence-electron chi connectivity index (χ2n) is 4.05. The Kier molecular flexibility index (Phi) is 3.98. The topological polar surface area (TPSA) is 109 Å². The van der Waals surface area contributed by atoms with E-state index < -0.39 is 10.0 Å². The number of nitrogens with one attached hydrogen (secondary N) is 1. The molecule has 0 unspecified atom stereocenters. The summed E-state index contributed by atoms with van der Waals surface area (Å²) in [5.74, 6) is 0.138. The summed E-state index contributed by atoms with van der Waals surface area (Å²) in [6.07, 6.45) is 1.33. The SMILES string of the molecule is N#Cc1cccc(CNS(=O)(=O)c2ccnc(N)c2)c1. The highest BCUT2D eigenvalue weighted by atomic mass is 32.2. The molecule has 7 heteroatoms. The Morgan fingerprint density at radius 2 is 2.10 bits per heavy atom. The number of rotatable bonds is 4. The number of aromatic nitrogens is 1. The van der Waals surface area contributed by atoms with Gasteiger partial charge in [0.05, 0.1) is 16.5 Å². The third-order valence-corrected chi connectivity index (χ3v) is 3.98. The maximum Gasteiger partial charge on any atom is 0.241 e. The van der Waals surface area contributed by atoms with Crippen molar-refractivity contribution in [3.8, 4) is 6.07 Å². The van der Waals surface area contributed by atoms with Gasteiger partial charge in [-0.25, -0.2) is 18.1 Å². The Hall–Kier alpha value is -2.43. The van der Waals surface area contributed by atoms with E-state index in [1.807, 2.05) is 6.07 Å². The van der Waals surface area contributed by atoms with Crippen LogP contribution in [0.4, 0.5) is 5.82 Å². The third-order valence-electron chi connectivity index (χ3n) is 2.59. The van der Waals surface area contributed by atoms with E-state index >= 15 is 0 Å². The molecule has 2 rings (SSSR count). The number of anilines is 1. The molecular weight excluding hydrogens is 276 g/mol. The van der Waals surface area contributed by atoms with Crippen molar-refractivity contribution in [3.05, 3.63) is 53.7 Å². The number of nitrogens with zero attached hydrogens (tertiary/aromatic N) is 2. The van der Waals surface area contributed by atoms with Crippen LogP contribution in [0, 0.1) is 11.3 Å². The van der Waals surface area contributed by atoms with Crippen molar-refractivity contribution in [2.24, 2.45) is 0 Å². The monoisotopic (exact) mass is 288 g/mol. The molecule has 0 atom stereocenters. The fourth-order valence-electron chi connectivity index (χ4n) is 1.61. The molecule has 6 nitrogen and oxygen atoms in total. The molecule has 0 saturated carbocycles. The van der Waals surface area contributed by atoms with Crippen LogP contribution in [-0.2, 0) is 16.6 Å². The molecule has 0 aliphatic carbocycles. The number of hydrogen-bond acceptors (Lipinski definition) is 5. The van der Waals surface area contributed by atoms with Gasteiger partial charge >= 0.3 is 0 Å². The van der Waals surface area contributed by atoms with Gasteiger partial charge in [0.15, 0.2) is 0 Å². The van der Waals surface area contributed by atoms with Gasteiger partial charge in [0.1, 0.15) is 5.82 Å².